The van der Waals surface area contributed by atoms with Gasteiger partial charge in [0.1, 0.15) is 6.04 Å². The minimum Gasteiger partial charge on any atom is -0.481 e. The SMILES string of the molecule is CC(C)(CC(=O)O)CC(=O)N1CCC2NC(=O)N(c3ccccc3)C(=O)C21. The van der Waals surface area contributed by atoms with Crippen molar-refractivity contribution in [3.63, 3.8) is 0 Å². The van der Waals surface area contributed by atoms with E-state index in [1.54, 1.807) is 44.2 Å². The zero-order chi connectivity index (χ0) is 19.8. The Kier molecular flexibility index (Phi) is 4.91. The molecule has 2 heterocycles. The van der Waals surface area contributed by atoms with Crippen LogP contribution in [0.3, 0.4) is 0 Å². The number of amides is 4. The second-order valence-corrected chi connectivity index (χ2v) is 7.80. The second-order valence-electron chi connectivity index (χ2n) is 7.80. The molecule has 8 heteroatoms. The molecule has 0 spiro atoms. The highest BCUT2D eigenvalue weighted by atomic mass is 16.4. The lowest BCUT2D eigenvalue weighted by Gasteiger charge is -2.37. The number of nitrogens with one attached hydrogen (secondary N) is 1. The van der Waals surface area contributed by atoms with E-state index in [9.17, 15) is 19.2 Å². The number of nitrogens with zero attached hydrogens (tertiary/aromatic N) is 2. The van der Waals surface area contributed by atoms with Gasteiger partial charge in [0.05, 0.1) is 18.2 Å². The first-order valence-electron chi connectivity index (χ1n) is 8.90. The molecule has 1 aromatic rings. The van der Waals surface area contributed by atoms with Crippen LogP contribution in [0.2, 0.25) is 0 Å². The molecule has 2 aliphatic rings. The van der Waals surface area contributed by atoms with Crippen molar-refractivity contribution < 1.29 is 24.3 Å². The van der Waals surface area contributed by atoms with Crippen LogP contribution in [-0.4, -0.2) is 52.4 Å². The average molecular weight is 373 g/mol. The normalized spacial score (nSPS) is 22.4. The lowest BCUT2D eigenvalue weighted by molar-refractivity contribution is -0.143. The third-order valence-electron chi connectivity index (χ3n) is 4.98. The Balaban J connectivity index is 1.80. The van der Waals surface area contributed by atoms with Crippen LogP contribution in [0.4, 0.5) is 10.5 Å². The Hall–Kier alpha value is -2.90. The molecule has 144 valence electrons. The Morgan fingerprint density at radius 2 is 1.85 bits per heavy atom. The van der Waals surface area contributed by atoms with Gasteiger partial charge in [-0.2, -0.15) is 0 Å². The first kappa shape index (κ1) is 18.9. The fourth-order valence-electron chi connectivity index (χ4n) is 3.79. The van der Waals surface area contributed by atoms with Crippen molar-refractivity contribution in [2.45, 2.75) is 45.2 Å². The van der Waals surface area contributed by atoms with Gasteiger partial charge < -0.3 is 15.3 Å². The highest BCUT2D eigenvalue weighted by molar-refractivity contribution is 6.19. The smallest absolute Gasteiger partial charge is 0.329 e. The summed E-state index contributed by atoms with van der Waals surface area (Å²) in [6.45, 7) is 3.78. The van der Waals surface area contributed by atoms with Crippen LogP contribution >= 0.6 is 0 Å². The van der Waals surface area contributed by atoms with E-state index >= 15 is 0 Å². The monoisotopic (exact) mass is 373 g/mol. The zero-order valence-corrected chi connectivity index (χ0v) is 15.3. The van der Waals surface area contributed by atoms with E-state index in [1.807, 2.05) is 0 Å². The van der Waals surface area contributed by atoms with Gasteiger partial charge in [0.15, 0.2) is 0 Å². The number of imide groups is 1. The van der Waals surface area contributed by atoms with Crippen LogP contribution in [-0.2, 0) is 14.4 Å². The lowest BCUT2D eigenvalue weighted by atomic mass is 9.85. The van der Waals surface area contributed by atoms with Gasteiger partial charge in [0.2, 0.25) is 5.91 Å². The zero-order valence-electron chi connectivity index (χ0n) is 15.3. The summed E-state index contributed by atoms with van der Waals surface area (Å²) >= 11 is 0. The number of rotatable bonds is 5. The molecule has 8 nitrogen and oxygen atoms in total. The Morgan fingerprint density at radius 3 is 2.48 bits per heavy atom. The number of carbonyl (C=O) groups excluding carboxylic acids is 3. The third kappa shape index (κ3) is 3.79. The van der Waals surface area contributed by atoms with Gasteiger partial charge in [0.25, 0.3) is 5.91 Å². The number of benzene rings is 1. The molecule has 27 heavy (non-hydrogen) atoms. The molecule has 2 saturated heterocycles. The number of hydrogen-bond donors (Lipinski definition) is 2. The van der Waals surface area contributed by atoms with Gasteiger partial charge in [-0.25, -0.2) is 9.69 Å². The van der Waals surface area contributed by atoms with Crippen LogP contribution in [0.1, 0.15) is 33.1 Å². The second kappa shape index (κ2) is 7.02. The molecule has 2 aliphatic heterocycles. The number of fused-ring (bicyclic) bond motifs is 1. The molecule has 0 aliphatic carbocycles. The number of urea groups is 1. The Morgan fingerprint density at radius 1 is 1.19 bits per heavy atom. The van der Waals surface area contributed by atoms with Crippen molar-refractivity contribution in [1.82, 2.24) is 10.2 Å². The van der Waals surface area contributed by atoms with E-state index in [4.69, 9.17) is 5.11 Å². The van der Waals surface area contributed by atoms with Crippen molar-refractivity contribution in [2.75, 3.05) is 11.4 Å². The molecule has 0 aromatic heterocycles. The van der Waals surface area contributed by atoms with E-state index in [0.717, 1.165) is 4.90 Å². The standard InChI is InChI=1S/C19H23N3O5/c1-19(2,11-15(24)25)10-14(23)21-9-8-13-16(21)17(26)22(18(27)20-13)12-6-4-3-5-7-12/h3-7,13,16H,8-11H2,1-2H3,(H,20,27)(H,24,25). The number of hydrogen-bond acceptors (Lipinski definition) is 4. The Bertz CT molecular complexity index is 777. The molecule has 2 fully saturated rings. The predicted molar refractivity (Wildman–Crippen MR) is 97.0 cm³/mol. The van der Waals surface area contributed by atoms with Crippen LogP contribution in [0.5, 0.6) is 0 Å². The van der Waals surface area contributed by atoms with Crippen molar-refractivity contribution in [3.05, 3.63) is 30.3 Å². The summed E-state index contributed by atoms with van der Waals surface area (Å²) in [5.74, 6) is -1.67. The molecule has 2 atom stereocenters. The molecular formula is C19H23N3O5. The summed E-state index contributed by atoms with van der Waals surface area (Å²) in [6.07, 6.45) is 0.381. The number of carboxylic acid groups (broad SMARTS) is 1. The maximum absolute atomic E-state index is 13.1. The van der Waals surface area contributed by atoms with E-state index in [0.29, 0.717) is 18.7 Å². The topological polar surface area (TPSA) is 107 Å². The summed E-state index contributed by atoms with van der Waals surface area (Å²) in [6, 6.07) is 6.89. The van der Waals surface area contributed by atoms with Crippen LogP contribution in [0.25, 0.3) is 0 Å². The van der Waals surface area contributed by atoms with E-state index in [2.05, 4.69) is 5.32 Å². The molecular weight excluding hydrogens is 350 g/mol. The van der Waals surface area contributed by atoms with Crippen molar-refractivity contribution in [1.29, 1.82) is 0 Å². The van der Waals surface area contributed by atoms with Crippen LogP contribution in [0.15, 0.2) is 30.3 Å². The summed E-state index contributed by atoms with van der Waals surface area (Å²) in [5.41, 5.74) is -0.273. The number of likely N-dealkylation sites (tertiary alicyclic amines) is 1. The summed E-state index contributed by atoms with van der Waals surface area (Å²) in [4.78, 5) is 51.8. The number of para-hydroxylation sites is 1. The van der Waals surface area contributed by atoms with Gasteiger partial charge in [-0.15, -0.1) is 0 Å². The third-order valence-corrected chi connectivity index (χ3v) is 4.98. The van der Waals surface area contributed by atoms with Crippen LogP contribution < -0.4 is 10.2 Å². The van der Waals surface area contributed by atoms with Crippen molar-refractivity contribution >= 4 is 29.5 Å². The molecule has 2 N–H and O–H groups in total. The number of carboxylic acids is 1. The highest BCUT2D eigenvalue weighted by Crippen LogP contribution is 2.31. The number of aliphatic carboxylic acids is 1. The van der Waals surface area contributed by atoms with Gasteiger partial charge in [-0.1, -0.05) is 32.0 Å². The van der Waals surface area contributed by atoms with E-state index in [-0.39, 0.29) is 18.7 Å². The minimum absolute atomic E-state index is 0.0229. The van der Waals surface area contributed by atoms with Crippen LogP contribution in [0, 0.1) is 5.41 Å². The van der Waals surface area contributed by atoms with Gasteiger partial charge >= 0.3 is 12.0 Å². The van der Waals surface area contributed by atoms with Crippen molar-refractivity contribution in [3.8, 4) is 0 Å². The number of carbonyl (C=O) groups is 4. The fourth-order valence-corrected chi connectivity index (χ4v) is 3.79. The first-order valence-corrected chi connectivity index (χ1v) is 8.90. The fraction of sp³-hybridized carbons (Fsp3) is 0.474. The lowest BCUT2D eigenvalue weighted by Crippen LogP contribution is -2.65. The highest BCUT2D eigenvalue weighted by Gasteiger charge is 2.50. The van der Waals surface area contributed by atoms with Gasteiger partial charge in [0, 0.05) is 13.0 Å². The largest absolute Gasteiger partial charge is 0.481 e. The molecule has 0 saturated carbocycles. The summed E-state index contributed by atoms with van der Waals surface area (Å²) in [7, 11) is 0. The van der Waals surface area contributed by atoms with Gasteiger partial charge in [-0.3, -0.25) is 14.4 Å². The number of anilines is 1. The molecule has 1 aromatic carbocycles. The molecule has 0 radical (unpaired) electrons. The summed E-state index contributed by atoms with van der Waals surface area (Å²) < 4.78 is 0. The van der Waals surface area contributed by atoms with Gasteiger partial charge in [-0.05, 0) is 24.0 Å². The maximum atomic E-state index is 13.1. The Labute approximate surface area is 157 Å². The molecule has 2 unspecified atom stereocenters. The average Bonchev–Trinajstić information content (AvgIpc) is 2.98. The maximum Gasteiger partial charge on any atom is 0.329 e. The quantitative estimate of drug-likeness (QED) is 0.815. The van der Waals surface area contributed by atoms with E-state index in [1.165, 1.54) is 4.90 Å². The van der Waals surface area contributed by atoms with Crippen molar-refractivity contribution in [2.24, 2.45) is 5.41 Å². The molecule has 3 rings (SSSR count). The minimum atomic E-state index is -0.969. The first-order chi connectivity index (χ1) is 12.7. The summed E-state index contributed by atoms with van der Waals surface area (Å²) in [5, 5.41) is 11.8. The molecule has 4 amide bonds. The molecule has 0 bridgehead atoms. The van der Waals surface area contributed by atoms with E-state index < -0.39 is 35.4 Å². The predicted octanol–water partition coefficient (Wildman–Crippen LogP) is 1.60.